The minimum atomic E-state index is -3.94. The SMILES string of the molecule is COC(=O)CS(=O)(=O)N(C)c1ccccc1C(=O)OC. The van der Waals surface area contributed by atoms with Crippen LogP contribution in [0.2, 0.25) is 0 Å². The number of benzene rings is 1. The number of sulfonamides is 1. The van der Waals surface area contributed by atoms with E-state index in [1.807, 2.05) is 0 Å². The molecule has 0 aliphatic carbocycles. The lowest BCUT2D eigenvalue weighted by Crippen LogP contribution is -2.33. The quantitative estimate of drug-likeness (QED) is 0.732. The highest BCUT2D eigenvalue weighted by molar-refractivity contribution is 7.93. The van der Waals surface area contributed by atoms with E-state index in [-0.39, 0.29) is 11.3 Å². The molecule has 7 nitrogen and oxygen atoms in total. The van der Waals surface area contributed by atoms with Crippen LogP contribution in [0.15, 0.2) is 24.3 Å². The Morgan fingerprint density at radius 2 is 1.75 bits per heavy atom. The molecule has 1 aromatic carbocycles. The van der Waals surface area contributed by atoms with Crippen molar-refractivity contribution in [2.24, 2.45) is 0 Å². The van der Waals surface area contributed by atoms with Crippen LogP contribution in [0.4, 0.5) is 5.69 Å². The first kappa shape index (κ1) is 16.0. The van der Waals surface area contributed by atoms with Crippen LogP contribution in [0.5, 0.6) is 0 Å². The second-order valence-electron chi connectivity index (χ2n) is 3.81. The van der Waals surface area contributed by atoms with Crippen LogP contribution in [-0.2, 0) is 24.3 Å². The molecule has 0 N–H and O–H groups in total. The minimum Gasteiger partial charge on any atom is -0.468 e. The highest BCUT2D eigenvalue weighted by Crippen LogP contribution is 2.22. The number of carbonyl (C=O) groups excluding carboxylic acids is 2. The molecule has 1 aromatic rings. The van der Waals surface area contributed by atoms with Crippen molar-refractivity contribution in [3.63, 3.8) is 0 Å². The highest BCUT2D eigenvalue weighted by atomic mass is 32.2. The summed E-state index contributed by atoms with van der Waals surface area (Å²) >= 11 is 0. The molecule has 0 aliphatic heterocycles. The molecule has 0 heterocycles. The molecule has 0 fully saturated rings. The minimum absolute atomic E-state index is 0.0888. The number of para-hydroxylation sites is 1. The lowest BCUT2D eigenvalue weighted by atomic mass is 10.2. The summed E-state index contributed by atoms with van der Waals surface area (Å²) in [5.74, 6) is -2.36. The van der Waals surface area contributed by atoms with E-state index in [1.54, 1.807) is 12.1 Å². The van der Waals surface area contributed by atoms with Gasteiger partial charge in [-0.2, -0.15) is 0 Å². The third-order valence-corrected chi connectivity index (χ3v) is 4.23. The first-order valence-electron chi connectivity index (χ1n) is 5.54. The molecular weight excluding hydrogens is 286 g/mol. The number of hydrogen-bond acceptors (Lipinski definition) is 6. The van der Waals surface area contributed by atoms with Gasteiger partial charge in [0.1, 0.15) is 0 Å². The predicted molar refractivity (Wildman–Crippen MR) is 72.0 cm³/mol. The topological polar surface area (TPSA) is 90.0 Å². The lowest BCUT2D eigenvalue weighted by Gasteiger charge is -2.20. The zero-order valence-corrected chi connectivity index (χ0v) is 12.1. The van der Waals surface area contributed by atoms with Crippen molar-refractivity contribution in [1.82, 2.24) is 0 Å². The normalized spacial score (nSPS) is 10.8. The van der Waals surface area contributed by atoms with Crippen LogP contribution in [0.3, 0.4) is 0 Å². The van der Waals surface area contributed by atoms with Crippen LogP contribution in [-0.4, -0.2) is 47.4 Å². The Morgan fingerprint density at radius 1 is 1.15 bits per heavy atom. The van der Waals surface area contributed by atoms with Gasteiger partial charge in [0.15, 0.2) is 5.75 Å². The molecule has 0 radical (unpaired) electrons. The van der Waals surface area contributed by atoms with Crippen molar-refractivity contribution >= 4 is 27.6 Å². The van der Waals surface area contributed by atoms with Crippen LogP contribution >= 0.6 is 0 Å². The summed E-state index contributed by atoms with van der Waals surface area (Å²) in [6, 6.07) is 6.04. The average Bonchev–Trinajstić information content (AvgIpc) is 2.44. The number of hydrogen-bond donors (Lipinski definition) is 0. The second kappa shape index (κ2) is 6.38. The fourth-order valence-electron chi connectivity index (χ4n) is 1.49. The Morgan fingerprint density at radius 3 is 2.30 bits per heavy atom. The fourth-order valence-corrected chi connectivity index (χ4v) is 2.55. The van der Waals surface area contributed by atoms with Gasteiger partial charge in [-0.25, -0.2) is 13.2 Å². The summed E-state index contributed by atoms with van der Waals surface area (Å²) in [5.41, 5.74) is 0.217. The van der Waals surface area contributed by atoms with E-state index in [4.69, 9.17) is 0 Å². The van der Waals surface area contributed by atoms with Gasteiger partial charge < -0.3 is 9.47 Å². The summed E-state index contributed by atoms with van der Waals surface area (Å²) in [6.45, 7) is 0. The smallest absolute Gasteiger partial charge is 0.340 e. The van der Waals surface area contributed by atoms with Crippen LogP contribution in [0, 0.1) is 0 Å². The monoisotopic (exact) mass is 301 g/mol. The molecule has 1 rings (SSSR count). The molecule has 0 unspecified atom stereocenters. The molecule has 0 saturated heterocycles. The van der Waals surface area contributed by atoms with Crippen molar-refractivity contribution < 1.29 is 27.5 Å². The molecule has 0 amide bonds. The molecule has 0 aliphatic rings. The van der Waals surface area contributed by atoms with Gasteiger partial charge in [-0.15, -0.1) is 0 Å². The fraction of sp³-hybridized carbons (Fsp3) is 0.333. The number of esters is 2. The van der Waals surface area contributed by atoms with Gasteiger partial charge in [0.2, 0.25) is 10.0 Å². The molecule has 0 spiro atoms. The molecule has 8 heteroatoms. The largest absolute Gasteiger partial charge is 0.468 e. The second-order valence-corrected chi connectivity index (χ2v) is 5.81. The van der Waals surface area contributed by atoms with Crippen LogP contribution < -0.4 is 4.31 Å². The van der Waals surface area contributed by atoms with E-state index in [0.717, 1.165) is 11.4 Å². The molecule has 0 atom stereocenters. The van der Waals surface area contributed by atoms with E-state index in [9.17, 15) is 18.0 Å². The summed E-state index contributed by atoms with van der Waals surface area (Å²) in [5, 5.41) is 0. The maximum atomic E-state index is 12.0. The summed E-state index contributed by atoms with van der Waals surface area (Å²) in [7, 11) is -0.394. The van der Waals surface area contributed by atoms with Crippen LogP contribution in [0.25, 0.3) is 0 Å². The van der Waals surface area contributed by atoms with Gasteiger partial charge in [0.25, 0.3) is 0 Å². The van der Waals surface area contributed by atoms with Crippen molar-refractivity contribution in [2.45, 2.75) is 0 Å². The Labute approximate surface area is 117 Å². The average molecular weight is 301 g/mol. The Bertz CT molecular complexity index is 610. The van der Waals surface area contributed by atoms with Crippen molar-refractivity contribution in [2.75, 3.05) is 31.3 Å². The Hall–Kier alpha value is -2.09. The van der Waals surface area contributed by atoms with E-state index < -0.39 is 27.7 Å². The first-order valence-corrected chi connectivity index (χ1v) is 7.15. The summed E-state index contributed by atoms with van der Waals surface area (Å²) in [4.78, 5) is 22.7. The number of carbonyl (C=O) groups is 2. The summed E-state index contributed by atoms with van der Waals surface area (Å²) < 4.78 is 33.9. The number of rotatable bonds is 5. The van der Waals surface area contributed by atoms with Gasteiger partial charge in [-0.1, -0.05) is 12.1 Å². The zero-order chi connectivity index (χ0) is 15.3. The maximum absolute atomic E-state index is 12.0. The zero-order valence-electron chi connectivity index (χ0n) is 11.3. The summed E-state index contributed by atoms with van der Waals surface area (Å²) in [6.07, 6.45) is 0. The van der Waals surface area contributed by atoms with Crippen molar-refractivity contribution in [1.29, 1.82) is 0 Å². The third kappa shape index (κ3) is 3.47. The number of ether oxygens (including phenoxy) is 2. The van der Waals surface area contributed by atoms with E-state index >= 15 is 0 Å². The molecule has 110 valence electrons. The van der Waals surface area contributed by atoms with Gasteiger partial charge >= 0.3 is 11.9 Å². The Balaban J connectivity index is 3.18. The number of methoxy groups -OCH3 is 2. The first-order chi connectivity index (χ1) is 9.33. The molecule has 20 heavy (non-hydrogen) atoms. The standard InChI is InChI=1S/C12H15NO6S/c1-13(20(16,17)8-11(14)18-2)10-7-5-4-6-9(10)12(15)19-3/h4-7H,8H2,1-3H3. The molecule has 0 bridgehead atoms. The third-order valence-electron chi connectivity index (χ3n) is 2.59. The van der Waals surface area contributed by atoms with E-state index in [1.165, 1.54) is 26.3 Å². The number of anilines is 1. The van der Waals surface area contributed by atoms with Gasteiger partial charge in [0.05, 0.1) is 25.5 Å². The Kier molecular flexibility index (Phi) is 5.09. The molecule has 0 saturated carbocycles. The van der Waals surface area contributed by atoms with Gasteiger partial charge in [-0.3, -0.25) is 9.10 Å². The van der Waals surface area contributed by atoms with E-state index in [0.29, 0.717) is 0 Å². The van der Waals surface area contributed by atoms with Gasteiger partial charge in [0, 0.05) is 7.05 Å². The van der Waals surface area contributed by atoms with Gasteiger partial charge in [-0.05, 0) is 12.1 Å². The van der Waals surface area contributed by atoms with E-state index in [2.05, 4.69) is 9.47 Å². The maximum Gasteiger partial charge on any atom is 0.340 e. The lowest BCUT2D eigenvalue weighted by molar-refractivity contribution is -0.137. The molecular formula is C12H15NO6S. The predicted octanol–water partition coefficient (Wildman–Crippen LogP) is 0.412. The van der Waals surface area contributed by atoms with Crippen molar-refractivity contribution in [3.8, 4) is 0 Å². The number of nitrogens with zero attached hydrogens (tertiary/aromatic N) is 1. The van der Waals surface area contributed by atoms with Crippen molar-refractivity contribution in [3.05, 3.63) is 29.8 Å². The highest BCUT2D eigenvalue weighted by Gasteiger charge is 2.26. The van der Waals surface area contributed by atoms with Crippen LogP contribution in [0.1, 0.15) is 10.4 Å². The molecule has 0 aromatic heterocycles.